The smallest absolute Gasteiger partial charge is 0.269 e. The van der Waals surface area contributed by atoms with E-state index in [1.807, 2.05) is 42.5 Å². The van der Waals surface area contributed by atoms with Crippen molar-refractivity contribution in [1.82, 2.24) is 0 Å². The summed E-state index contributed by atoms with van der Waals surface area (Å²) < 4.78 is 5.82. The highest BCUT2D eigenvalue weighted by Crippen LogP contribution is 2.32. The van der Waals surface area contributed by atoms with Crippen LogP contribution in [0, 0.1) is 10.1 Å². The molecule has 6 nitrogen and oxygen atoms in total. The molecule has 0 fully saturated rings. The fourth-order valence-corrected chi connectivity index (χ4v) is 3.18. The highest BCUT2D eigenvalue weighted by atomic mass is 16.6. The molecule has 0 atom stereocenters. The normalized spacial score (nSPS) is 10.9. The van der Waals surface area contributed by atoms with Crippen LogP contribution in [0.4, 0.5) is 5.69 Å². The SMILES string of the molecule is CCCCOc1cccc(-c2ccc(-c3ccc([N+](=O)[O-])cc3)cc2/C=C/C(N)=O)c1. The zero-order valence-corrected chi connectivity index (χ0v) is 17.3. The van der Waals surface area contributed by atoms with Crippen LogP contribution >= 0.6 is 0 Å². The van der Waals surface area contributed by atoms with Crippen LogP contribution in [0.15, 0.2) is 72.8 Å². The fraction of sp³-hybridized carbons (Fsp3) is 0.160. The third-order valence-electron chi connectivity index (χ3n) is 4.80. The van der Waals surface area contributed by atoms with E-state index in [0.717, 1.165) is 46.4 Å². The molecule has 0 aliphatic heterocycles. The van der Waals surface area contributed by atoms with Crippen LogP contribution in [0.1, 0.15) is 25.3 Å². The van der Waals surface area contributed by atoms with Crippen LogP contribution in [0.5, 0.6) is 5.75 Å². The second kappa shape index (κ2) is 10.2. The first kappa shape index (κ1) is 21.8. The first-order valence-electron chi connectivity index (χ1n) is 10.1. The van der Waals surface area contributed by atoms with E-state index in [1.165, 1.54) is 18.2 Å². The van der Waals surface area contributed by atoms with Gasteiger partial charge in [0, 0.05) is 18.2 Å². The standard InChI is InChI=1S/C25H24N2O4/c1-2-3-15-31-23-6-4-5-20(17-23)24-13-9-19(16-21(24)10-14-25(26)28)18-7-11-22(12-8-18)27(29)30/h4-14,16-17H,2-3,15H2,1H3,(H2,26,28)/b14-10+. The zero-order chi connectivity index (χ0) is 22.2. The van der Waals surface area contributed by atoms with E-state index < -0.39 is 10.8 Å². The Bertz CT molecular complexity index is 1100. The number of nitro groups is 1. The van der Waals surface area contributed by atoms with Crippen molar-refractivity contribution in [3.05, 3.63) is 88.5 Å². The Labute approximate surface area is 181 Å². The average molecular weight is 416 g/mol. The van der Waals surface area contributed by atoms with Crippen molar-refractivity contribution in [1.29, 1.82) is 0 Å². The maximum Gasteiger partial charge on any atom is 0.269 e. The second-order valence-electron chi connectivity index (χ2n) is 7.07. The molecule has 0 bridgehead atoms. The lowest BCUT2D eigenvalue weighted by atomic mass is 9.94. The van der Waals surface area contributed by atoms with Crippen LogP contribution in [0.3, 0.4) is 0 Å². The molecule has 3 aromatic rings. The number of hydrogen-bond donors (Lipinski definition) is 1. The number of benzene rings is 3. The van der Waals surface area contributed by atoms with E-state index in [-0.39, 0.29) is 5.69 Å². The summed E-state index contributed by atoms with van der Waals surface area (Å²) in [5.41, 5.74) is 9.73. The molecule has 0 saturated heterocycles. The number of rotatable bonds is 9. The van der Waals surface area contributed by atoms with Gasteiger partial charge in [-0.1, -0.05) is 37.6 Å². The van der Waals surface area contributed by atoms with Crippen molar-refractivity contribution >= 4 is 17.7 Å². The number of primary amides is 1. The first-order chi connectivity index (χ1) is 15.0. The lowest BCUT2D eigenvalue weighted by Gasteiger charge is -2.12. The van der Waals surface area contributed by atoms with Crippen LogP contribution < -0.4 is 10.5 Å². The van der Waals surface area contributed by atoms with Gasteiger partial charge in [-0.3, -0.25) is 14.9 Å². The number of ether oxygens (including phenoxy) is 1. The number of carbonyl (C=O) groups is 1. The Hall–Kier alpha value is -3.93. The minimum Gasteiger partial charge on any atom is -0.494 e. The maximum atomic E-state index is 11.3. The summed E-state index contributed by atoms with van der Waals surface area (Å²) in [4.78, 5) is 21.8. The van der Waals surface area contributed by atoms with E-state index in [9.17, 15) is 14.9 Å². The number of nitrogens with two attached hydrogens (primary N) is 1. The molecule has 3 aromatic carbocycles. The van der Waals surface area contributed by atoms with Gasteiger partial charge in [-0.05, 0) is 70.6 Å². The molecule has 0 saturated carbocycles. The van der Waals surface area contributed by atoms with E-state index in [4.69, 9.17) is 10.5 Å². The average Bonchev–Trinajstić information content (AvgIpc) is 2.78. The summed E-state index contributed by atoms with van der Waals surface area (Å²) in [6, 6.07) is 20.0. The molecule has 1 amide bonds. The van der Waals surface area contributed by atoms with E-state index in [1.54, 1.807) is 18.2 Å². The van der Waals surface area contributed by atoms with Gasteiger partial charge in [0.25, 0.3) is 5.69 Å². The van der Waals surface area contributed by atoms with Gasteiger partial charge >= 0.3 is 0 Å². The van der Waals surface area contributed by atoms with Gasteiger partial charge < -0.3 is 10.5 Å². The van der Waals surface area contributed by atoms with Gasteiger partial charge in [0.05, 0.1) is 11.5 Å². The highest BCUT2D eigenvalue weighted by Gasteiger charge is 2.10. The third kappa shape index (κ3) is 5.79. The van der Waals surface area contributed by atoms with E-state index in [2.05, 4.69) is 6.92 Å². The Morgan fingerprint density at radius 1 is 1.03 bits per heavy atom. The largest absolute Gasteiger partial charge is 0.494 e. The molecule has 2 N–H and O–H groups in total. The Morgan fingerprint density at radius 3 is 2.45 bits per heavy atom. The van der Waals surface area contributed by atoms with Gasteiger partial charge in [0.1, 0.15) is 5.75 Å². The third-order valence-corrected chi connectivity index (χ3v) is 4.80. The molecule has 0 aliphatic rings. The minimum atomic E-state index is -0.539. The fourth-order valence-electron chi connectivity index (χ4n) is 3.18. The maximum absolute atomic E-state index is 11.3. The number of nitrogens with zero attached hydrogens (tertiary/aromatic N) is 1. The van der Waals surface area contributed by atoms with Gasteiger partial charge in [0.2, 0.25) is 5.91 Å². The zero-order valence-electron chi connectivity index (χ0n) is 17.3. The molecule has 0 heterocycles. The predicted octanol–water partition coefficient (Wildman–Crippen LogP) is 5.61. The molecule has 3 rings (SSSR count). The number of hydrogen-bond acceptors (Lipinski definition) is 4. The molecule has 0 aromatic heterocycles. The molecule has 0 spiro atoms. The van der Waals surface area contributed by atoms with E-state index >= 15 is 0 Å². The summed E-state index contributed by atoms with van der Waals surface area (Å²) in [7, 11) is 0. The predicted molar refractivity (Wildman–Crippen MR) is 123 cm³/mol. The number of unbranched alkanes of at least 4 members (excludes halogenated alkanes) is 1. The van der Waals surface area contributed by atoms with Gasteiger partial charge in [-0.15, -0.1) is 0 Å². The monoisotopic (exact) mass is 416 g/mol. The summed E-state index contributed by atoms with van der Waals surface area (Å²) in [5, 5.41) is 10.9. The number of amides is 1. The van der Waals surface area contributed by atoms with Crippen molar-refractivity contribution in [3.63, 3.8) is 0 Å². The number of nitro benzene ring substituents is 1. The summed E-state index contributed by atoms with van der Waals surface area (Å²) >= 11 is 0. The lowest BCUT2D eigenvalue weighted by molar-refractivity contribution is -0.384. The van der Waals surface area contributed by atoms with Crippen molar-refractivity contribution < 1.29 is 14.5 Å². The highest BCUT2D eigenvalue weighted by molar-refractivity contribution is 5.92. The second-order valence-corrected chi connectivity index (χ2v) is 7.07. The topological polar surface area (TPSA) is 95.5 Å². The first-order valence-corrected chi connectivity index (χ1v) is 10.1. The van der Waals surface area contributed by atoms with Gasteiger partial charge in [-0.25, -0.2) is 0 Å². The van der Waals surface area contributed by atoms with Gasteiger partial charge in [-0.2, -0.15) is 0 Å². The van der Waals surface area contributed by atoms with E-state index in [0.29, 0.717) is 6.61 Å². The number of non-ortho nitro benzene ring substituents is 1. The Balaban J connectivity index is 1.99. The Kier molecular flexibility index (Phi) is 7.17. The van der Waals surface area contributed by atoms with Crippen molar-refractivity contribution in [3.8, 4) is 28.0 Å². The quantitative estimate of drug-likeness (QED) is 0.212. The summed E-state index contributed by atoms with van der Waals surface area (Å²) in [6.07, 6.45) is 5.05. The summed E-state index contributed by atoms with van der Waals surface area (Å²) in [5.74, 6) is 0.249. The minimum absolute atomic E-state index is 0.0362. The van der Waals surface area contributed by atoms with Crippen molar-refractivity contribution in [2.75, 3.05) is 6.61 Å². The van der Waals surface area contributed by atoms with Gasteiger partial charge in [0.15, 0.2) is 0 Å². The molecular formula is C25H24N2O4. The molecule has 0 aliphatic carbocycles. The molecule has 0 radical (unpaired) electrons. The van der Waals surface area contributed by atoms with Crippen LogP contribution in [-0.4, -0.2) is 17.4 Å². The van der Waals surface area contributed by atoms with Crippen LogP contribution in [0.25, 0.3) is 28.3 Å². The van der Waals surface area contributed by atoms with Crippen molar-refractivity contribution in [2.45, 2.75) is 19.8 Å². The molecular weight excluding hydrogens is 392 g/mol. The lowest BCUT2D eigenvalue weighted by Crippen LogP contribution is -2.05. The van der Waals surface area contributed by atoms with Crippen molar-refractivity contribution in [2.24, 2.45) is 5.73 Å². The van der Waals surface area contributed by atoms with Crippen LogP contribution in [-0.2, 0) is 4.79 Å². The summed E-state index contributed by atoms with van der Waals surface area (Å²) in [6.45, 7) is 2.77. The van der Waals surface area contributed by atoms with Crippen LogP contribution in [0.2, 0.25) is 0 Å². The molecule has 158 valence electrons. The molecule has 0 unspecified atom stereocenters. The molecule has 6 heteroatoms. The Morgan fingerprint density at radius 2 is 1.77 bits per heavy atom. The molecule has 31 heavy (non-hydrogen) atoms. The number of carbonyl (C=O) groups excluding carboxylic acids is 1.